The number of hydrogen-bond donors (Lipinski definition) is 1. The second-order valence-electron chi connectivity index (χ2n) is 4.26. The van der Waals surface area contributed by atoms with Crippen LogP contribution in [0.3, 0.4) is 0 Å². The number of nitrogens with one attached hydrogen (secondary N) is 1. The Morgan fingerprint density at radius 2 is 2.00 bits per heavy atom. The van der Waals surface area contributed by atoms with Gasteiger partial charge in [-0.25, -0.2) is 9.97 Å². The number of benzene rings is 1. The van der Waals surface area contributed by atoms with Crippen LogP contribution in [0.4, 0.5) is 5.82 Å². The Morgan fingerprint density at radius 1 is 1.21 bits per heavy atom. The van der Waals surface area contributed by atoms with Crippen molar-refractivity contribution in [3.63, 3.8) is 0 Å². The molecule has 1 aromatic heterocycles. The molecule has 0 spiro atoms. The van der Waals surface area contributed by atoms with Crippen LogP contribution in [0.5, 0.6) is 5.75 Å². The topological polar surface area (TPSA) is 47.0 Å². The van der Waals surface area contributed by atoms with Gasteiger partial charge in [-0.05, 0) is 37.6 Å². The maximum atomic E-state index is 5.76. The first-order chi connectivity index (χ1) is 9.08. The molecule has 19 heavy (non-hydrogen) atoms. The fraction of sp³-hybridized carbons (Fsp3) is 0.286. The van der Waals surface area contributed by atoms with Gasteiger partial charge in [0.1, 0.15) is 18.2 Å². The maximum Gasteiger partial charge on any atom is 0.168 e. The van der Waals surface area contributed by atoms with Crippen molar-refractivity contribution in [1.29, 1.82) is 0 Å². The van der Waals surface area contributed by atoms with E-state index in [0.29, 0.717) is 12.4 Å². The molecule has 2 rings (SSSR count). The average molecular weight is 322 g/mol. The third-order valence-electron chi connectivity index (χ3n) is 2.65. The lowest BCUT2D eigenvalue weighted by molar-refractivity contribution is 0.293. The third-order valence-corrected chi connectivity index (χ3v) is 3.14. The number of ether oxygens (including phenoxy) is 1. The van der Waals surface area contributed by atoms with Gasteiger partial charge in [0.2, 0.25) is 0 Å². The summed E-state index contributed by atoms with van der Waals surface area (Å²) in [6, 6.07) is 7.81. The van der Waals surface area contributed by atoms with Crippen molar-refractivity contribution < 1.29 is 4.74 Å². The standard InChI is InChI=1S/C14H16BrN3O/c1-9-6-11(15)4-5-12(9)19-8-14-17-10(2)7-13(16-3)18-14/h4-7H,8H2,1-3H3,(H,16,17,18). The Kier molecular flexibility index (Phi) is 4.37. The summed E-state index contributed by atoms with van der Waals surface area (Å²) >= 11 is 3.43. The van der Waals surface area contributed by atoms with Crippen LogP contribution < -0.4 is 10.1 Å². The van der Waals surface area contributed by atoms with Gasteiger partial charge in [-0.3, -0.25) is 0 Å². The highest BCUT2D eigenvalue weighted by Gasteiger charge is 2.04. The van der Waals surface area contributed by atoms with Crippen LogP contribution in [0.15, 0.2) is 28.7 Å². The summed E-state index contributed by atoms with van der Waals surface area (Å²) in [7, 11) is 1.84. The van der Waals surface area contributed by atoms with E-state index < -0.39 is 0 Å². The highest BCUT2D eigenvalue weighted by atomic mass is 79.9. The Morgan fingerprint density at radius 3 is 2.68 bits per heavy atom. The number of aryl methyl sites for hydroxylation is 2. The first-order valence-electron chi connectivity index (χ1n) is 6.00. The Balaban J connectivity index is 2.12. The van der Waals surface area contributed by atoms with Gasteiger partial charge >= 0.3 is 0 Å². The molecule has 0 unspecified atom stereocenters. The number of nitrogens with zero attached hydrogens (tertiary/aromatic N) is 2. The molecule has 0 fully saturated rings. The van der Waals surface area contributed by atoms with Crippen LogP contribution in [0, 0.1) is 13.8 Å². The maximum absolute atomic E-state index is 5.76. The summed E-state index contributed by atoms with van der Waals surface area (Å²) in [5, 5.41) is 3.01. The summed E-state index contributed by atoms with van der Waals surface area (Å²) in [5.74, 6) is 2.32. The molecular weight excluding hydrogens is 306 g/mol. The first kappa shape index (κ1) is 13.8. The molecule has 4 nitrogen and oxygen atoms in total. The zero-order valence-electron chi connectivity index (χ0n) is 11.2. The highest BCUT2D eigenvalue weighted by Crippen LogP contribution is 2.22. The van der Waals surface area contributed by atoms with E-state index in [0.717, 1.165) is 27.3 Å². The second-order valence-corrected chi connectivity index (χ2v) is 5.17. The van der Waals surface area contributed by atoms with E-state index in [-0.39, 0.29) is 0 Å². The summed E-state index contributed by atoms with van der Waals surface area (Å²) in [4.78, 5) is 8.72. The molecule has 0 saturated heterocycles. The molecule has 0 amide bonds. The van der Waals surface area contributed by atoms with Crippen molar-refractivity contribution in [3.05, 3.63) is 45.8 Å². The van der Waals surface area contributed by atoms with Crippen LogP contribution in [-0.2, 0) is 6.61 Å². The van der Waals surface area contributed by atoms with E-state index in [1.54, 1.807) is 0 Å². The van der Waals surface area contributed by atoms with Crippen LogP contribution >= 0.6 is 15.9 Å². The Bertz CT molecular complexity index is 587. The van der Waals surface area contributed by atoms with Crippen LogP contribution in [0.25, 0.3) is 0 Å². The minimum absolute atomic E-state index is 0.360. The van der Waals surface area contributed by atoms with Crippen LogP contribution in [0.1, 0.15) is 17.1 Å². The summed E-state index contributed by atoms with van der Waals surface area (Å²) in [6.07, 6.45) is 0. The lowest BCUT2D eigenvalue weighted by Gasteiger charge is -2.10. The molecule has 0 aliphatic heterocycles. The number of aromatic nitrogens is 2. The van der Waals surface area contributed by atoms with E-state index >= 15 is 0 Å². The molecule has 2 aromatic rings. The van der Waals surface area contributed by atoms with Gasteiger partial charge in [-0.15, -0.1) is 0 Å². The minimum atomic E-state index is 0.360. The fourth-order valence-electron chi connectivity index (χ4n) is 1.74. The first-order valence-corrected chi connectivity index (χ1v) is 6.79. The van der Waals surface area contributed by atoms with Crippen molar-refractivity contribution >= 4 is 21.7 Å². The SMILES string of the molecule is CNc1cc(C)nc(COc2ccc(Br)cc2C)n1. The van der Waals surface area contributed by atoms with Crippen molar-refractivity contribution in [2.24, 2.45) is 0 Å². The minimum Gasteiger partial charge on any atom is -0.485 e. The molecule has 0 radical (unpaired) electrons. The molecular formula is C14H16BrN3O. The normalized spacial score (nSPS) is 10.3. The number of anilines is 1. The third kappa shape index (κ3) is 3.67. The van der Waals surface area contributed by atoms with Gasteiger partial charge < -0.3 is 10.1 Å². The molecule has 0 saturated carbocycles. The molecule has 0 bridgehead atoms. The highest BCUT2D eigenvalue weighted by molar-refractivity contribution is 9.10. The largest absolute Gasteiger partial charge is 0.485 e. The molecule has 100 valence electrons. The number of rotatable bonds is 4. The zero-order chi connectivity index (χ0) is 13.8. The van der Waals surface area contributed by atoms with E-state index in [9.17, 15) is 0 Å². The smallest absolute Gasteiger partial charge is 0.168 e. The van der Waals surface area contributed by atoms with Gasteiger partial charge in [0.15, 0.2) is 5.82 Å². The van der Waals surface area contributed by atoms with Gasteiger partial charge in [0.05, 0.1) is 0 Å². The predicted octanol–water partition coefficient (Wildman–Crippen LogP) is 3.48. The van der Waals surface area contributed by atoms with Crippen molar-refractivity contribution in [2.75, 3.05) is 12.4 Å². The molecule has 0 aliphatic carbocycles. The summed E-state index contributed by atoms with van der Waals surface area (Å²) in [6.45, 7) is 4.31. The summed E-state index contributed by atoms with van der Waals surface area (Å²) < 4.78 is 6.80. The zero-order valence-corrected chi connectivity index (χ0v) is 12.8. The number of hydrogen-bond acceptors (Lipinski definition) is 4. The monoisotopic (exact) mass is 321 g/mol. The summed E-state index contributed by atoms with van der Waals surface area (Å²) in [5.41, 5.74) is 2.00. The van der Waals surface area contributed by atoms with E-state index in [2.05, 4.69) is 31.2 Å². The van der Waals surface area contributed by atoms with E-state index in [1.807, 2.05) is 45.2 Å². The molecule has 0 aliphatic rings. The quantitative estimate of drug-likeness (QED) is 0.936. The van der Waals surface area contributed by atoms with Crippen molar-refractivity contribution in [2.45, 2.75) is 20.5 Å². The Labute approximate surface area is 121 Å². The van der Waals surface area contributed by atoms with Crippen molar-refractivity contribution in [3.8, 4) is 5.75 Å². The second kappa shape index (κ2) is 6.02. The van der Waals surface area contributed by atoms with Crippen molar-refractivity contribution in [1.82, 2.24) is 9.97 Å². The lowest BCUT2D eigenvalue weighted by Crippen LogP contribution is -2.06. The number of halogens is 1. The molecule has 1 aromatic carbocycles. The van der Waals surface area contributed by atoms with Crippen LogP contribution in [-0.4, -0.2) is 17.0 Å². The fourth-order valence-corrected chi connectivity index (χ4v) is 2.22. The van der Waals surface area contributed by atoms with Gasteiger partial charge in [-0.2, -0.15) is 0 Å². The molecule has 5 heteroatoms. The molecule has 1 heterocycles. The molecule has 1 N–H and O–H groups in total. The van der Waals surface area contributed by atoms with E-state index in [1.165, 1.54) is 0 Å². The van der Waals surface area contributed by atoms with E-state index in [4.69, 9.17) is 4.74 Å². The van der Waals surface area contributed by atoms with Gasteiger partial charge in [0, 0.05) is 23.3 Å². The lowest BCUT2D eigenvalue weighted by atomic mass is 10.2. The Hall–Kier alpha value is -1.62. The van der Waals surface area contributed by atoms with Gasteiger partial charge in [0.25, 0.3) is 0 Å². The average Bonchev–Trinajstić information content (AvgIpc) is 2.37. The predicted molar refractivity (Wildman–Crippen MR) is 79.5 cm³/mol. The molecule has 0 atom stereocenters. The van der Waals surface area contributed by atoms with Crippen LogP contribution in [0.2, 0.25) is 0 Å². The van der Waals surface area contributed by atoms with Gasteiger partial charge in [-0.1, -0.05) is 15.9 Å².